The lowest BCUT2D eigenvalue weighted by Gasteiger charge is -2.29. The third-order valence-corrected chi connectivity index (χ3v) is 4.67. The van der Waals surface area contributed by atoms with Crippen LogP contribution in [0.2, 0.25) is 0 Å². The first kappa shape index (κ1) is 10.4. The van der Waals surface area contributed by atoms with E-state index in [0.717, 1.165) is 6.42 Å². The molecule has 1 saturated heterocycles. The average molecular weight is 231 g/mol. The van der Waals surface area contributed by atoms with Crippen molar-refractivity contribution in [3.8, 4) is 0 Å². The molecule has 1 unspecified atom stereocenters. The summed E-state index contributed by atoms with van der Waals surface area (Å²) in [5, 5.41) is 7.32. The Balaban J connectivity index is 2.34. The van der Waals surface area contributed by atoms with E-state index in [0.29, 0.717) is 12.3 Å². The maximum absolute atomic E-state index is 11.5. The van der Waals surface area contributed by atoms with Gasteiger partial charge in [-0.05, 0) is 19.8 Å². The predicted octanol–water partition coefficient (Wildman–Crippen LogP) is 0.118. The summed E-state index contributed by atoms with van der Waals surface area (Å²) in [6.45, 7) is 1.82. The van der Waals surface area contributed by atoms with Gasteiger partial charge in [0, 0.05) is 0 Å². The van der Waals surface area contributed by atoms with Crippen molar-refractivity contribution in [3.63, 3.8) is 0 Å². The van der Waals surface area contributed by atoms with E-state index in [4.69, 9.17) is 10.2 Å². The third kappa shape index (κ3) is 1.97. The van der Waals surface area contributed by atoms with Crippen LogP contribution in [-0.2, 0) is 15.3 Å². The van der Waals surface area contributed by atoms with E-state index in [9.17, 15) is 8.42 Å². The summed E-state index contributed by atoms with van der Waals surface area (Å²) in [4.78, 5) is 0. The Labute approximate surface area is 87.8 Å². The lowest BCUT2D eigenvalue weighted by molar-refractivity contribution is 0.344. The molecule has 0 radical (unpaired) electrons. The van der Waals surface area contributed by atoms with Gasteiger partial charge >= 0.3 is 6.01 Å². The highest BCUT2D eigenvalue weighted by molar-refractivity contribution is 7.91. The van der Waals surface area contributed by atoms with Gasteiger partial charge in [-0.15, -0.1) is 5.10 Å². The molecule has 1 aromatic rings. The Bertz CT molecular complexity index is 467. The summed E-state index contributed by atoms with van der Waals surface area (Å²) < 4.78 is 28.2. The molecule has 0 aliphatic carbocycles. The second-order valence-electron chi connectivity index (χ2n) is 4.20. The van der Waals surface area contributed by atoms with Crippen molar-refractivity contribution >= 4 is 15.9 Å². The van der Waals surface area contributed by atoms with Gasteiger partial charge in [-0.25, -0.2) is 8.42 Å². The van der Waals surface area contributed by atoms with E-state index >= 15 is 0 Å². The Morgan fingerprint density at radius 1 is 1.47 bits per heavy atom. The van der Waals surface area contributed by atoms with Gasteiger partial charge in [0.2, 0.25) is 5.89 Å². The molecule has 1 aliphatic rings. The zero-order valence-electron chi connectivity index (χ0n) is 8.43. The molecule has 1 fully saturated rings. The number of sulfone groups is 1. The van der Waals surface area contributed by atoms with Crippen LogP contribution in [0.5, 0.6) is 0 Å². The molecule has 7 heteroatoms. The van der Waals surface area contributed by atoms with Crippen LogP contribution in [0, 0.1) is 0 Å². The molecular formula is C8H13N3O3S. The number of nitrogens with zero attached hydrogens (tertiary/aromatic N) is 2. The van der Waals surface area contributed by atoms with Crippen LogP contribution in [0.1, 0.15) is 25.7 Å². The summed E-state index contributed by atoms with van der Waals surface area (Å²) in [5.41, 5.74) is 4.74. The van der Waals surface area contributed by atoms with Crippen LogP contribution in [0.15, 0.2) is 4.42 Å². The van der Waals surface area contributed by atoms with Gasteiger partial charge in [0.1, 0.15) is 0 Å². The number of hydrogen-bond acceptors (Lipinski definition) is 6. The van der Waals surface area contributed by atoms with E-state index < -0.39 is 15.3 Å². The first-order valence-corrected chi connectivity index (χ1v) is 6.53. The second kappa shape index (κ2) is 3.19. The Morgan fingerprint density at radius 3 is 2.73 bits per heavy atom. The smallest absolute Gasteiger partial charge is 0.312 e. The zero-order chi connectivity index (χ0) is 11.1. The van der Waals surface area contributed by atoms with Gasteiger partial charge in [-0.2, -0.15) is 0 Å². The Hall–Kier alpha value is -1.11. The van der Waals surface area contributed by atoms with E-state index in [2.05, 4.69) is 10.2 Å². The number of aromatic nitrogens is 2. The first-order valence-electron chi connectivity index (χ1n) is 4.71. The largest absolute Gasteiger partial charge is 0.408 e. The van der Waals surface area contributed by atoms with Gasteiger partial charge in [0.25, 0.3) is 0 Å². The summed E-state index contributed by atoms with van der Waals surface area (Å²) in [5.74, 6) is 0.622. The average Bonchev–Trinajstić information content (AvgIpc) is 2.49. The van der Waals surface area contributed by atoms with Crippen LogP contribution in [0.4, 0.5) is 6.01 Å². The van der Waals surface area contributed by atoms with Crippen molar-refractivity contribution in [2.45, 2.75) is 25.2 Å². The topological polar surface area (TPSA) is 99.1 Å². The molecule has 0 amide bonds. The molecule has 1 aliphatic heterocycles. The lowest BCUT2D eigenvalue weighted by atomic mass is 9.87. The van der Waals surface area contributed by atoms with Crippen molar-refractivity contribution in [2.24, 2.45) is 0 Å². The molecule has 0 bridgehead atoms. The Kier molecular flexibility index (Phi) is 2.22. The zero-order valence-corrected chi connectivity index (χ0v) is 9.25. The number of anilines is 1. The molecule has 2 rings (SSSR count). The first-order chi connectivity index (χ1) is 6.91. The van der Waals surface area contributed by atoms with Gasteiger partial charge in [0.15, 0.2) is 9.84 Å². The third-order valence-electron chi connectivity index (χ3n) is 2.68. The molecule has 0 spiro atoms. The maximum atomic E-state index is 11.5. The van der Waals surface area contributed by atoms with Crippen LogP contribution in [0.3, 0.4) is 0 Å². The second-order valence-corrected chi connectivity index (χ2v) is 6.39. The van der Waals surface area contributed by atoms with Crippen molar-refractivity contribution < 1.29 is 12.8 Å². The highest BCUT2D eigenvalue weighted by atomic mass is 32.2. The minimum Gasteiger partial charge on any atom is -0.408 e. The van der Waals surface area contributed by atoms with Gasteiger partial charge in [0.05, 0.1) is 16.9 Å². The summed E-state index contributed by atoms with van der Waals surface area (Å²) in [7, 11) is -3.00. The molecule has 6 nitrogen and oxygen atoms in total. The van der Waals surface area contributed by atoms with Crippen LogP contribution in [-0.4, -0.2) is 30.1 Å². The summed E-state index contributed by atoms with van der Waals surface area (Å²) >= 11 is 0. The van der Waals surface area contributed by atoms with Crippen molar-refractivity contribution in [3.05, 3.63) is 5.89 Å². The van der Waals surface area contributed by atoms with E-state index in [-0.39, 0.29) is 17.5 Å². The molecule has 0 saturated carbocycles. The molecular weight excluding hydrogens is 218 g/mol. The van der Waals surface area contributed by atoms with E-state index in [1.54, 1.807) is 0 Å². The number of nitrogens with two attached hydrogens (primary N) is 1. The van der Waals surface area contributed by atoms with Gasteiger partial charge in [-0.3, -0.25) is 0 Å². The predicted molar refractivity (Wildman–Crippen MR) is 54.0 cm³/mol. The van der Waals surface area contributed by atoms with Gasteiger partial charge < -0.3 is 10.2 Å². The number of hydrogen-bond donors (Lipinski definition) is 1. The van der Waals surface area contributed by atoms with Crippen LogP contribution in [0.25, 0.3) is 0 Å². The molecule has 1 aromatic heterocycles. The summed E-state index contributed by atoms with van der Waals surface area (Å²) in [6, 6.07) is -0.0193. The highest BCUT2D eigenvalue weighted by Gasteiger charge is 2.40. The molecule has 2 heterocycles. The normalized spacial score (nSPS) is 30.2. The van der Waals surface area contributed by atoms with Crippen molar-refractivity contribution in [1.82, 2.24) is 10.2 Å². The summed E-state index contributed by atoms with van der Waals surface area (Å²) in [6.07, 6.45) is 1.36. The SMILES string of the molecule is CC1(c2nnc(N)o2)CCCS(=O)(=O)C1. The number of nitrogen functional groups attached to an aromatic ring is 1. The van der Waals surface area contributed by atoms with E-state index in [1.807, 2.05) is 6.92 Å². The van der Waals surface area contributed by atoms with Gasteiger partial charge in [-0.1, -0.05) is 5.10 Å². The monoisotopic (exact) mass is 231 g/mol. The molecule has 0 aromatic carbocycles. The Morgan fingerprint density at radius 2 is 2.20 bits per heavy atom. The van der Waals surface area contributed by atoms with E-state index in [1.165, 1.54) is 0 Å². The lowest BCUT2D eigenvalue weighted by Crippen LogP contribution is -2.37. The molecule has 15 heavy (non-hydrogen) atoms. The van der Waals surface area contributed by atoms with Crippen molar-refractivity contribution in [2.75, 3.05) is 17.2 Å². The molecule has 2 N–H and O–H groups in total. The fourth-order valence-electron chi connectivity index (χ4n) is 1.96. The van der Waals surface area contributed by atoms with Crippen LogP contribution < -0.4 is 5.73 Å². The van der Waals surface area contributed by atoms with Crippen LogP contribution >= 0.6 is 0 Å². The van der Waals surface area contributed by atoms with Crippen molar-refractivity contribution in [1.29, 1.82) is 0 Å². The fraction of sp³-hybridized carbons (Fsp3) is 0.750. The highest BCUT2D eigenvalue weighted by Crippen LogP contribution is 2.34. The minimum absolute atomic E-state index is 0.0193. The molecule has 84 valence electrons. The fourth-order valence-corrected chi connectivity index (χ4v) is 3.93. The standard InChI is InChI=1S/C8H13N3O3S/c1-8(6-10-11-7(9)14-6)3-2-4-15(12,13)5-8/h2-5H2,1H3,(H2,9,11). The number of rotatable bonds is 1. The quantitative estimate of drug-likeness (QED) is 0.736. The molecule has 1 atom stereocenters. The minimum atomic E-state index is -3.00. The maximum Gasteiger partial charge on any atom is 0.312 e.